The lowest BCUT2D eigenvalue weighted by molar-refractivity contribution is -0.0781. The second-order valence-electron chi connectivity index (χ2n) is 6.82. The molecular formula is C18H26FN5O. The average molecular weight is 347 g/mol. The molecule has 2 heterocycles. The molecule has 0 radical (unpaired) electrons. The van der Waals surface area contributed by atoms with Crippen LogP contribution >= 0.6 is 0 Å². The lowest BCUT2D eigenvalue weighted by atomic mass is 10.1. The number of hydrogen-bond donors (Lipinski definition) is 1. The van der Waals surface area contributed by atoms with E-state index >= 15 is 0 Å². The van der Waals surface area contributed by atoms with Gasteiger partial charge < -0.3 is 10.1 Å². The largest absolute Gasteiger partial charge is 0.373 e. The molecule has 3 atom stereocenters. The molecule has 1 aromatic heterocycles. The molecule has 6 nitrogen and oxygen atoms in total. The second-order valence-corrected chi connectivity index (χ2v) is 6.82. The van der Waals surface area contributed by atoms with Gasteiger partial charge in [0.25, 0.3) is 0 Å². The van der Waals surface area contributed by atoms with Gasteiger partial charge in [-0.05, 0) is 38.5 Å². The number of halogens is 1. The van der Waals surface area contributed by atoms with E-state index in [1.165, 1.54) is 17.3 Å². The molecule has 2 aromatic rings. The van der Waals surface area contributed by atoms with Crippen LogP contribution in [0.2, 0.25) is 0 Å². The van der Waals surface area contributed by atoms with Gasteiger partial charge in [-0.3, -0.25) is 4.90 Å². The Balaban J connectivity index is 1.51. The van der Waals surface area contributed by atoms with Crippen LogP contribution in [0.1, 0.15) is 26.3 Å². The van der Waals surface area contributed by atoms with Crippen molar-refractivity contribution in [3.63, 3.8) is 0 Å². The van der Waals surface area contributed by atoms with Crippen LogP contribution in [-0.4, -0.2) is 57.5 Å². The molecule has 0 amide bonds. The highest BCUT2D eigenvalue weighted by Crippen LogP contribution is 2.15. The van der Waals surface area contributed by atoms with Gasteiger partial charge in [-0.15, -0.1) is 0 Å². The minimum atomic E-state index is -0.298. The fourth-order valence-corrected chi connectivity index (χ4v) is 3.31. The molecule has 1 aliphatic heterocycles. The van der Waals surface area contributed by atoms with Gasteiger partial charge in [0.15, 0.2) is 0 Å². The van der Waals surface area contributed by atoms with Gasteiger partial charge in [0.1, 0.15) is 24.2 Å². The van der Waals surface area contributed by atoms with E-state index in [1.807, 2.05) is 6.07 Å². The van der Waals surface area contributed by atoms with Crippen LogP contribution in [0.3, 0.4) is 0 Å². The van der Waals surface area contributed by atoms with E-state index in [0.717, 1.165) is 25.2 Å². The Labute approximate surface area is 148 Å². The van der Waals surface area contributed by atoms with E-state index in [0.29, 0.717) is 18.3 Å². The van der Waals surface area contributed by atoms with Crippen molar-refractivity contribution in [2.24, 2.45) is 0 Å². The molecule has 1 N–H and O–H groups in total. The zero-order chi connectivity index (χ0) is 17.8. The second kappa shape index (κ2) is 8.03. The SMILES string of the molecule is C[C@@H]1CN([C@@H](C)CNCc2ccc(-n3cncn3)c(F)c2)C[C@@H](C)O1. The van der Waals surface area contributed by atoms with Gasteiger partial charge in [0.2, 0.25) is 0 Å². The van der Waals surface area contributed by atoms with Gasteiger partial charge >= 0.3 is 0 Å². The molecule has 3 rings (SSSR count). The first-order valence-electron chi connectivity index (χ1n) is 8.76. The van der Waals surface area contributed by atoms with Crippen molar-refractivity contribution in [1.29, 1.82) is 0 Å². The van der Waals surface area contributed by atoms with Crippen LogP contribution in [0, 0.1) is 5.82 Å². The summed E-state index contributed by atoms with van der Waals surface area (Å²) in [5.74, 6) is -0.298. The highest BCUT2D eigenvalue weighted by atomic mass is 19.1. The molecular weight excluding hydrogens is 321 g/mol. The van der Waals surface area contributed by atoms with Crippen molar-refractivity contribution in [1.82, 2.24) is 25.0 Å². The smallest absolute Gasteiger partial charge is 0.149 e. The summed E-state index contributed by atoms with van der Waals surface area (Å²) >= 11 is 0. The minimum absolute atomic E-state index is 0.268. The maximum atomic E-state index is 14.2. The highest BCUT2D eigenvalue weighted by Gasteiger charge is 2.25. The van der Waals surface area contributed by atoms with E-state index in [4.69, 9.17) is 4.74 Å². The first-order chi connectivity index (χ1) is 12.0. The summed E-state index contributed by atoms with van der Waals surface area (Å²) in [5, 5.41) is 7.39. The molecule has 136 valence electrons. The molecule has 0 aliphatic carbocycles. The van der Waals surface area contributed by atoms with Gasteiger partial charge in [-0.25, -0.2) is 14.1 Å². The molecule has 0 spiro atoms. The fourth-order valence-electron chi connectivity index (χ4n) is 3.31. The Morgan fingerprint density at radius 1 is 1.32 bits per heavy atom. The molecule has 1 aromatic carbocycles. The normalized spacial score (nSPS) is 22.9. The number of benzene rings is 1. The number of ether oxygens (including phenoxy) is 1. The van der Waals surface area contributed by atoms with E-state index in [1.54, 1.807) is 12.1 Å². The highest BCUT2D eigenvalue weighted by molar-refractivity contribution is 5.35. The molecule has 0 bridgehead atoms. The average Bonchev–Trinajstić information content (AvgIpc) is 3.08. The van der Waals surface area contributed by atoms with E-state index in [2.05, 4.69) is 41.1 Å². The van der Waals surface area contributed by atoms with Crippen LogP contribution in [0.5, 0.6) is 0 Å². The molecule has 1 aliphatic rings. The Bertz CT molecular complexity index is 668. The van der Waals surface area contributed by atoms with E-state index in [-0.39, 0.29) is 18.0 Å². The summed E-state index contributed by atoms with van der Waals surface area (Å²) < 4.78 is 21.4. The number of nitrogens with one attached hydrogen (secondary N) is 1. The summed E-state index contributed by atoms with van der Waals surface area (Å²) in [5.41, 5.74) is 1.32. The maximum Gasteiger partial charge on any atom is 0.149 e. The molecule has 0 unspecified atom stereocenters. The Kier molecular flexibility index (Phi) is 5.78. The van der Waals surface area contributed by atoms with Gasteiger partial charge in [-0.2, -0.15) is 5.10 Å². The fraction of sp³-hybridized carbons (Fsp3) is 0.556. The van der Waals surface area contributed by atoms with Crippen LogP contribution in [0.25, 0.3) is 5.69 Å². The Morgan fingerprint density at radius 2 is 2.08 bits per heavy atom. The van der Waals surface area contributed by atoms with Crippen molar-refractivity contribution in [2.45, 2.75) is 45.6 Å². The summed E-state index contributed by atoms with van der Waals surface area (Å²) in [6.07, 6.45) is 3.42. The third-order valence-corrected chi connectivity index (χ3v) is 4.52. The number of hydrogen-bond acceptors (Lipinski definition) is 5. The van der Waals surface area contributed by atoms with Crippen molar-refractivity contribution in [2.75, 3.05) is 19.6 Å². The van der Waals surface area contributed by atoms with Gasteiger partial charge in [0, 0.05) is 32.2 Å². The van der Waals surface area contributed by atoms with Crippen molar-refractivity contribution >= 4 is 0 Å². The monoisotopic (exact) mass is 347 g/mol. The Hall–Kier alpha value is -1.83. The van der Waals surface area contributed by atoms with Crippen LogP contribution < -0.4 is 5.32 Å². The third kappa shape index (κ3) is 4.62. The first kappa shape index (κ1) is 18.0. The van der Waals surface area contributed by atoms with E-state index in [9.17, 15) is 4.39 Å². The predicted octanol–water partition coefficient (Wildman–Crippen LogP) is 1.99. The third-order valence-electron chi connectivity index (χ3n) is 4.52. The molecule has 0 saturated carbocycles. The lowest BCUT2D eigenvalue weighted by Crippen LogP contribution is -2.51. The lowest BCUT2D eigenvalue weighted by Gasteiger charge is -2.39. The molecule has 1 fully saturated rings. The first-order valence-corrected chi connectivity index (χ1v) is 8.76. The topological polar surface area (TPSA) is 55.2 Å². The zero-order valence-corrected chi connectivity index (χ0v) is 15.0. The number of morpholine rings is 1. The van der Waals surface area contributed by atoms with Crippen LogP contribution in [0.4, 0.5) is 4.39 Å². The van der Waals surface area contributed by atoms with Crippen molar-refractivity contribution in [3.8, 4) is 5.69 Å². The van der Waals surface area contributed by atoms with Gasteiger partial charge in [0.05, 0.1) is 12.2 Å². The zero-order valence-electron chi connectivity index (χ0n) is 15.0. The van der Waals surface area contributed by atoms with Crippen molar-refractivity contribution in [3.05, 3.63) is 42.2 Å². The molecule has 25 heavy (non-hydrogen) atoms. The summed E-state index contributed by atoms with van der Waals surface area (Å²) in [6, 6.07) is 5.60. The minimum Gasteiger partial charge on any atom is -0.373 e. The predicted molar refractivity (Wildman–Crippen MR) is 94.1 cm³/mol. The van der Waals surface area contributed by atoms with Crippen LogP contribution in [0.15, 0.2) is 30.9 Å². The number of aromatic nitrogens is 3. The van der Waals surface area contributed by atoms with E-state index < -0.39 is 0 Å². The van der Waals surface area contributed by atoms with Crippen LogP contribution in [-0.2, 0) is 11.3 Å². The summed E-state index contributed by atoms with van der Waals surface area (Å²) in [7, 11) is 0. The quantitative estimate of drug-likeness (QED) is 0.866. The summed E-state index contributed by atoms with van der Waals surface area (Å²) in [4.78, 5) is 6.29. The summed E-state index contributed by atoms with van der Waals surface area (Å²) in [6.45, 7) is 9.83. The Morgan fingerprint density at radius 3 is 2.72 bits per heavy atom. The standard InChI is InChI=1S/C18H26FN5O/c1-13(23-9-14(2)25-15(3)10-23)7-20-8-16-4-5-18(17(19)6-16)24-12-21-11-22-24/h4-6,11-15,20H,7-10H2,1-3H3/t13-,14+,15+/m0/s1. The molecule has 1 saturated heterocycles. The molecule has 7 heteroatoms. The van der Waals surface area contributed by atoms with Crippen molar-refractivity contribution < 1.29 is 9.13 Å². The maximum absolute atomic E-state index is 14.2. The number of rotatable bonds is 6. The number of nitrogens with zero attached hydrogens (tertiary/aromatic N) is 4. The van der Waals surface area contributed by atoms with Gasteiger partial charge in [-0.1, -0.05) is 6.07 Å².